The van der Waals surface area contributed by atoms with Gasteiger partial charge in [-0.05, 0) is 26.8 Å². The van der Waals surface area contributed by atoms with Gasteiger partial charge in [-0.1, -0.05) is 19.3 Å². The Morgan fingerprint density at radius 1 is 1.21 bits per heavy atom. The van der Waals surface area contributed by atoms with Gasteiger partial charge in [0.1, 0.15) is 0 Å². The molecule has 0 bridgehead atoms. The summed E-state index contributed by atoms with van der Waals surface area (Å²) in [5.41, 5.74) is 0. The average molecular weight is 196 g/mol. The van der Waals surface area contributed by atoms with E-state index in [0.29, 0.717) is 24.7 Å². The van der Waals surface area contributed by atoms with Gasteiger partial charge in [0.05, 0.1) is 12.7 Å². The van der Waals surface area contributed by atoms with Crippen LogP contribution in [-0.2, 0) is 4.79 Å². The fraction of sp³-hybridized carbons (Fsp3) is 0.909. The number of amides is 1. The van der Waals surface area contributed by atoms with E-state index in [1.54, 1.807) is 0 Å². The van der Waals surface area contributed by atoms with Gasteiger partial charge >= 0.3 is 0 Å². The smallest absolute Gasteiger partial charge is 0.238 e. The third-order valence-corrected chi connectivity index (χ3v) is 3.68. The van der Waals surface area contributed by atoms with E-state index < -0.39 is 0 Å². The summed E-state index contributed by atoms with van der Waals surface area (Å²) < 4.78 is 0. The highest BCUT2D eigenvalue weighted by atomic mass is 16.2. The number of rotatable bonds is 1. The minimum atomic E-state index is 0.311. The fourth-order valence-corrected chi connectivity index (χ4v) is 2.72. The van der Waals surface area contributed by atoms with Crippen LogP contribution in [0.15, 0.2) is 0 Å². The van der Waals surface area contributed by atoms with E-state index in [4.69, 9.17) is 0 Å². The molecule has 1 unspecified atom stereocenters. The predicted octanol–water partition coefficient (Wildman–Crippen LogP) is 1.44. The molecule has 1 saturated heterocycles. The van der Waals surface area contributed by atoms with Gasteiger partial charge in [0.2, 0.25) is 5.91 Å². The molecule has 1 aliphatic heterocycles. The van der Waals surface area contributed by atoms with Crippen molar-refractivity contribution >= 4 is 5.91 Å². The van der Waals surface area contributed by atoms with Crippen molar-refractivity contribution in [2.75, 3.05) is 13.6 Å². The zero-order valence-corrected chi connectivity index (χ0v) is 9.20. The van der Waals surface area contributed by atoms with Gasteiger partial charge in [-0.2, -0.15) is 0 Å². The van der Waals surface area contributed by atoms with E-state index in [0.717, 1.165) is 0 Å². The first-order chi connectivity index (χ1) is 6.70. The van der Waals surface area contributed by atoms with Crippen LogP contribution < -0.4 is 0 Å². The Bertz CT molecular complexity index is 223. The van der Waals surface area contributed by atoms with Gasteiger partial charge in [-0.25, -0.2) is 0 Å². The van der Waals surface area contributed by atoms with Crippen molar-refractivity contribution in [1.29, 1.82) is 0 Å². The number of carbonyl (C=O) groups excluding carboxylic acids is 1. The lowest BCUT2D eigenvalue weighted by molar-refractivity contribution is -0.130. The number of carbonyl (C=O) groups is 1. The van der Waals surface area contributed by atoms with E-state index in [-0.39, 0.29) is 0 Å². The van der Waals surface area contributed by atoms with Crippen molar-refractivity contribution in [2.45, 2.75) is 51.2 Å². The van der Waals surface area contributed by atoms with Crippen LogP contribution in [0.5, 0.6) is 0 Å². The molecule has 1 atom stereocenters. The van der Waals surface area contributed by atoms with E-state index in [1.807, 2.05) is 7.05 Å². The van der Waals surface area contributed by atoms with Crippen molar-refractivity contribution in [3.63, 3.8) is 0 Å². The normalized spacial score (nSPS) is 31.4. The van der Waals surface area contributed by atoms with Crippen LogP contribution in [0, 0.1) is 0 Å². The maximum absolute atomic E-state index is 11.8. The Labute approximate surface area is 86.1 Å². The topological polar surface area (TPSA) is 23.6 Å². The number of likely N-dealkylation sites (N-methyl/N-ethyl adjacent to an activating group) is 1. The number of nitrogens with zero attached hydrogens (tertiary/aromatic N) is 2. The van der Waals surface area contributed by atoms with Gasteiger partial charge in [-0.15, -0.1) is 0 Å². The lowest BCUT2D eigenvalue weighted by Gasteiger charge is -2.35. The van der Waals surface area contributed by atoms with Crippen LogP contribution in [0.4, 0.5) is 0 Å². The second kappa shape index (κ2) is 3.89. The summed E-state index contributed by atoms with van der Waals surface area (Å²) in [4.78, 5) is 16.0. The van der Waals surface area contributed by atoms with Crippen LogP contribution in [0.3, 0.4) is 0 Å². The highest BCUT2D eigenvalue weighted by Gasteiger charge is 2.37. The van der Waals surface area contributed by atoms with E-state index in [1.165, 1.54) is 32.1 Å². The first kappa shape index (κ1) is 9.97. The second-order valence-corrected chi connectivity index (χ2v) is 4.64. The zero-order valence-electron chi connectivity index (χ0n) is 9.20. The van der Waals surface area contributed by atoms with Gasteiger partial charge in [0.15, 0.2) is 0 Å². The standard InChI is InChI=1S/C11H20N2O/c1-9-12(2)8-11(14)13(9)10-6-4-3-5-7-10/h9-10H,3-8H2,1-2H3. The summed E-state index contributed by atoms with van der Waals surface area (Å²) >= 11 is 0. The molecule has 2 aliphatic rings. The van der Waals surface area contributed by atoms with Crippen molar-refractivity contribution < 1.29 is 4.79 Å². The Morgan fingerprint density at radius 2 is 1.86 bits per heavy atom. The summed E-state index contributed by atoms with van der Waals surface area (Å²) in [5, 5.41) is 0. The molecule has 0 aromatic rings. The van der Waals surface area contributed by atoms with Crippen LogP contribution in [0.2, 0.25) is 0 Å². The van der Waals surface area contributed by atoms with E-state index >= 15 is 0 Å². The van der Waals surface area contributed by atoms with Crippen molar-refractivity contribution in [2.24, 2.45) is 0 Å². The molecule has 0 spiro atoms. The van der Waals surface area contributed by atoms with E-state index in [9.17, 15) is 4.79 Å². The Kier molecular flexibility index (Phi) is 2.77. The molecule has 0 N–H and O–H groups in total. The Balaban J connectivity index is 2.04. The van der Waals surface area contributed by atoms with Crippen molar-refractivity contribution in [1.82, 2.24) is 9.80 Å². The quantitative estimate of drug-likeness (QED) is 0.633. The maximum atomic E-state index is 11.8. The van der Waals surface area contributed by atoms with Gasteiger partial charge < -0.3 is 4.90 Å². The molecule has 1 saturated carbocycles. The molecular formula is C11H20N2O. The Morgan fingerprint density at radius 3 is 2.36 bits per heavy atom. The maximum Gasteiger partial charge on any atom is 0.238 e. The lowest BCUT2D eigenvalue weighted by Crippen LogP contribution is -2.44. The fourth-order valence-electron chi connectivity index (χ4n) is 2.72. The van der Waals surface area contributed by atoms with Crippen LogP contribution in [0.1, 0.15) is 39.0 Å². The van der Waals surface area contributed by atoms with E-state index in [2.05, 4.69) is 16.7 Å². The van der Waals surface area contributed by atoms with Gasteiger partial charge in [-0.3, -0.25) is 9.69 Å². The summed E-state index contributed by atoms with van der Waals surface area (Å²) in [6.45, 7) is 2.75. The molecular weight excluding hydrogens is 176 g/mol. The highest BCUT2D eigenvalue weighted by molar-refractivity contribution is 5.80. The van der Waals surface area contributed by atoms with Gasteiger partial charge in [0.25, 0.3) is 0 Å². The van der Waals surface area contributed by atoms with Crippen LogP contribution in [0.25, 0.3) is 0 Å². The van der Waals surface area contributed by atoms with Crippen LogP contribution >= 0.6 is 0 Å². The molecule has 1 amide bonds. The molecule has 2 rings (SSSR count). The number of hydrogen-bond acceptors (Lipinski definition) is 2. The first-order valence-corrected chi connectivity index (χ1v) is 5.71. The largest absolute Gasteiger partial charge is 0.323 e. The third-order valence-electron chi connectivity index (χ3n) is 3.68. The molecule has 0 aromatic carbocycles. The SMILES string of the molecule is CC1N(C)CC(=O)N1C1CCCCC1. The average Bonchev–Trinajstić information content (AvgIpc) is 2.43. The minimum Gasteiger partial charge on any atom is -0.323 e. The number of hydrogen-bond donors (Lipinski definition) is 0. The summed E-state index contributed by atoms with van der Waals surface area (Å²) in [6, 6.07) is 0.524. The molecule has 0 aromatic heterocycles. The monoisotopic (exact) mass is 196 g/mol. The zero-order chi connectivity index (χ0) is 10.1. The highest BCUT2D eigenvalue weighted by Crippen LogP contribution is 2.27. The minimum absolute atomic E-state index is 0.311. The first-order valence-electron chi connectivity index (χ1n) is 5.71. The van der Waals surface area contributed by atoms with Crippen molar-refractivity contribution in [3.05, 3.63) is 0 Å². The van der Waals surface area contributed by atoms with Crippen molar-refractivity contribution in [3.8, 4) is 0 Å². The Hall–Kier alpha value is -0.570. The summed E-state index contributed by atoms with van der Waals surface area (Å²) in [5.74, 6) is 0.326. The lowest BCUT2D eigenvalue weighted by atomic mass is 9.94. The van der Waals surface area contributed by atoms with Gasteiger partial charge in [0, 0.05) is 6.04 Å². The van der Waals surface area contributed by atoms with Crippen LogP contribution in [-0.4, -0.2) is 41.5 Å². The molecule has 3 heteroatoms. The molecule has 0 radical (unpaired) electrons. The second-order valence-electron chi connectivity index (χ2n) is 4.64. The molecule has 3 nitrogen and oxygen atoms in total. The molecule has 14 heavy (non-hydrogen) atoms. The molecule has 80 valence electrons. The summed E-state index contributed by atoms with van der Waals surface area (Å²) in [7, 11) is 2.03. The molecule has 2 fully saturated rings. The molecule has 1 aliphatic carbocycles. The predicted molar refractivity (Wildman–Crippen MR) is 55.8 cm³/mol. The third kappa shape index (κ3) is 1.65. The molecule has 1 heterocycles. The summed E-state index contributed by atoms with van der Waals surface area (Å²) in [6.07, 6.45) is 6.68.